The van der Waals surface area contributed by atoms with Crippen molar-refractivity contribution in [3.8, 4) is 11.5 Å². The van der Waals surface area contributed by atoms with Crippen LogP contribution in [0.1, 0.15) is 10.4 Å². The van der Waals surface area contributed by atoms with Crippen molar-refractivity contribution in [1.82, 2.24) is 0 Å². The van der Waals surface area contributed by atoms with E-state index in [2.05, 4.69) is 0 Å². The number of ether oxygens (including phenoxy) is 1. The van der Waals surface area contributed by atoms with Gasteiger partial charge in [0, 0.05) is 17.2 Å². The molecule has 0 fully saturated rings. The Hall–Kier alpha value is -2.54. The van der Waals surface area contributed by atoms with Gasteiger partial charge in [-0.15, -0.1) is 0 Å². The van der Waals surface area contributed by atoms with Gasteiger partial charge in [-0.2, -0.15) is 4.39 Å². The van der Waals surface area contributed by atoms with Gasteiger partial charge in [-0.3, -0.25) is 14.9 Å². The molecule has 0 spiro atoms. The summed E-state index contributed by atoms with van der Waals surface area (Å²) in [6.07, 6.45) is 0.450. The van der Waals surface area contributed by atoms with Crippen LogP contribution in [0.4, 0.5) is 14.5 Å². The normalized spacial score (nSPS) is 10.2. The van der Waals surface area contributed by atoms with E-state index in [1.807, 2.05) is 0 Å². The zero-order valence-electron chi connectivity index (χ0n) is 10.2. The molecule has 0 aromatic heterocycles. The minimum atomic E-state index is -1.26. The first-order valence-electron chi connectivity index (χ1n) is 5.48. The van der Waals surface area contributed by atoms with Crippen LogP contribution in [0.25, 0.3) is 0 Å². The van der Waals surface area contributed by atoms with Gasteiger partial charge in [0.2, 0.25) is 5.82 Å². The van der Waals surface area contributed by atoms with E-state index in [1.54, 1.807) is 0 Å². The molecule has 2 aromatic rings. The average molecular weight is 314 g/mol. The number of nitro groups is 1. The highest BCUT2D eigenvalue weighted by Gasteiger charge is 2.20. The molecule has 0 saturated carbocycles. The lowest BCUT2D eigenvalue weighted by molar-refractivity contribution is -0.387. The lowest BCUT2D eigenvalue weighted by atomic mass is 10.2. The largest absolute Gasteiger partial charge is 0.453 e. The number of carbonyl (C=O) groups is 1. The number of halogens is 3. The average Bonchev–Trinajstić information content (AvgIpc) is 2.42. The van der Waals surface area contributed by atoms with Gasteiger partial charge >= 0.3 is 5.69 Å². The predicted molar refractivity (Wildman–Crippen MR) is 69.9 cm³/mol. The van der Waals surface area contributed by atoms with Crippen LogP contribution in [-0.4, -0.2) is 11.2 Å². The SMILES string of the molecule is O=Cc1ccc(Cl)cc1Oc1cc(F)c([N+](=O)[O-])cc1F. The Balaban J connectivity index is 2.45. The molecule has 108 valence electrons. The Bertz CT molecular complexity index is 736. The number of hydrogen-bond donors (Lipinski definition) is 0. The van der Waals surface area contributed by atoms with Crippen molar-refractivity contribution in [2.75, 3.05) is 0 Å². The highest BCUT2D eigenvalue weighted by atomic mass is 35.5. The Morgan fingerprint density at radius 3 is 2.48 bits per heavy atom. The number of rotatable bonds is 4. The van der Waals surface area contributed by atoms with Crippen LogP contribution in [0.5, 0.6) is 11.5 Å². The van der Waals surface area contributed by atoms with Crippen molar-refractivity contribution < 1.29 is 23.2 Å². The molecule has 0 bridgehead atoms. The van der Waals surface area contributed by atoms with E-state index in [-0.39, 0.29) is 16.3 Å². The van der Waals surface area contributed by atoms with E-state index in [4.69, 9.17) is 16.3 Å². The predicted octanol–water partition coefficient (Wildman–Crippen LogP) is 4.13. The summed E-state index contributed by atoms with van der Waals surface area (Å²) < 4.78 is 32.2. The molecule has 0 aliphatic heterocycles. The fraction of sp³-hybridized carbons (Fsp3) is 0. The molecular weight excluding hydrogens is 308 g/mol. The molecule has 8 heteroatoms. The second-order valence-corrected chi connectivity index (χ2v) is 4.33. The number of carbonyl (C=O) groups excluding carboxylic acids is 1. The molecule has 0 aliphatic rings. The molecule has 0 aliphatic carbocycles. The number of nitro benzene ring substituents is 1. The lowest BCUT2D eigenvalue weighted by Gasteiger charge is -2.09. The highest BCUT2D eigenvalue weighted by Crippen LogP contribution is 2.32. The minimum absolute atomic E-state index is 0.0672. The maximum Gasteiger partial charge on any atom is 0.307 e. The smallest absolute Gasteiger partial charge is 0.307 e. The molecule has 0 amide bonds. The summed E-state index contributed by atoms with van der Waals surface area (Å²) in [5, 5.41) is 10.7. The number of aldehydes is 1. The molecule has 0 radical (unpaired) electrons. The number of benzene rings is 2. The standard InChI is InChI=1S/C13H6ClF2NO4/c14-8-2-1-7(6-18)12(3-8)21-13-5-9(15)11(17(19)20)4-10(13)16/h1-6H. The molecule has 0 N–H and O–H groups in total. The summed E-state index contributed by atoms with van der Waals surface area (Å²) in [7, 11) is 0. The Morgan fingerprint density at radius 2 is 1.86 bits per heavy atom. The number of nitrogens with zero attached hydrogens (tertiary/aromatic N) is 1. The quantitative estimate of drug-likeness (QED) is 0.483. The van der Waals surface area contributed by atoms with Crippen LogP contribution in [0.2, 0.25) is 5.02 Å². The van der Waals surface area contributed by atoms with Crippen molar-refractivity contribution in [3.63, 3.8) is 0 Å². The van der Waals surface area contributed by atoms with Crippen molar-refractivity contribution in [2.45, 2.75) is 0 Å². The first-order chi connectivity index (χ1) is 9.92. The van der Waals surface area contributed by atoms with Crippen LogP contribution in [-0.2, 0) is 0 Å². The van der Waals surface area contributed by atoms with Crippen molar-refractivity contribution >= 4 is 23.6 Å². The van der Waals surface area contributed by atoms with Crippen LogP contribution >= 0.6 is 11.6 Å². The molecule has 0 atom stereocenters. The summed E-state index contributed by atoms with van der Waals surface area (Å²) in [4.78, 5) is 20.3. The summed E-state index contributed by atoms with van der Waals surface area (Å²) in [5.41, 5.74) is -0.945. The molecule has 21 heavy (non-hydrogen) atoms. The molecule has 0 unspecified atom stereocenters. The summed E-state index contributed by atoms with van der Waals surface area (Å²) >= 11 is 5.72. The lowest BCUT2D eigenvalue weighted by Crippen LogP contribution is -1.98. The number of hydrogen-bond acceptors (Lipinski definition) is 4. The minimum Gasteiger partial charge on any atom is -0.453 e. The van der Waals surface area contributed by atoms with Gasteiger partial charge in [0.1, 0.15) is 5.75 Å². The van der Waals surface area contributed by atoms with E-state index < -0.39 is 28.0 Å². The highest BCUT2D eigenvalue weighted by molar-refractivity contribution is 6.30. The van der Waals surface area contributed by atoms with Gasteiger partial charge in [-0.25, -0.2) is 4.39 Å². The molecule has 2 aromatic carbocycles. The topological polar surface area (TPSA) is 69.4 Å². The van der Waals surface area contributed by atoms with Gasteiger partial charge in [-0.05, 0) is 12.1 Å². The molecule has 0 saturated heterocycles. The van der Waals surface area contributed by atoms with Gasteiger partial charge in [0.05, 0.1) is 16.6 Å². The second kappa shape index (κ2) is 5.84. The Kier molecular flexibility index (Phi) is 4.13. The van der Waals surface area contributed by atoms with Crippen LogP contribution < -0.4 is 4.74 Å². The van der Waals surface area contributed by atoms with E-state index in [0.29, 0.717) is 18.4 Å². The van der Waals surface area contributed by atoms with Gasteiger partial charge in [0.15, 0.2) is 17.9 Å². The zero-order chi connectivity index (χ0) is 15.6. The van der Waals surface area contributed by atoms with Crippen molar-refractivity contribution in [1.29, 1.82) is 0 Å². The maximum atomic E-state index is 13.7. The Labute approximate surface area is 121 Å². The monoisotopic (exact) mass is 313 g/mol. The van der Waals surface area contributed by atoms with Crippen LogP contribution in [0, 0.1) is 21.7 Å². The van der Waals surface area contributed by atoms with E-state index in [9.17, 15) is 23.7 Å². The summed E-state index contributed by atoms with van der Waals surface area (Å²) in [5.74, 6) is -3.08. The molecule has 5 nitrogen and oxygen atoms in total. The van der Waals surface area contributed by atoms with Crippen LogP contribution in [0.15, 0.2) is 30.3 Å². The molecular formula is C13H6ClF2NO4. The van der Waals surface area contributed by atoms with E-state index in [1.165, 1.54) is 18.2 Å². The van der Waals surface area contributed by atoms with Crippen molar-refractivity contribution in [2.24, 2.45) is 0 Å². The summed E-state index contributed by atoms with van der Waals surface area (Å²) in [6, 6.07) is 4.93. The Morgan fingerprint density at radius 1 is 1.14 bits per heavy atom. The summed E-state index contributed by atoms with van der Waals surface area (Å²) in [6.45, 7) is 0. The second-order valence-electron chi connectivity index (χ2n) is 3.89. The van der Waals surface area contributed by atoms with E-state index in [0.717, 1.165) is 0 Å². The third-order valence-corrected chi connectivity index (χ3v) is 2.76. The van der Waals surface area contributed by atoms with Crippen LogP contribution in [0.3, 0.4) is 0 Å². The first kappa shape index (κ1) is 14.9. The molecule has 0 heterocycles. The first-order valence-corrected chi connectivity index (χ1v) is 5.86. The fourth-order valence-corrected chi connectivity index (χ4v) is 1.71. The third-order valence-electron chi connectivity index (χ3n) is 2.52. The third kappa shape index (κ3) is 3.14. The maximum absolute atomic E-state index is 13.7. The van der Waals surface area contributed by atoms with Gasteiger partial charge in [-0.1, -0.05) is 11.6 Å². The fourth-order valence-electron chi connectivity index (χ4n) is 1.55. The zero-order valence-corrected chi connectivity index (χ0v) is 10.9. The van der Waals surface area contributed by atoms with Gasteiger partial charge < -0.3 is 4.74 Å². The molecule has 2 rings (SSSR count). The van der Waals surface area contributed by atoms with Crippen molar-refractivity contribution in [3.05, 3.63) is 62.7 Å². The van der Waals surface area contributed by atoms with E-state index >= 15 is 0 Å². The van der Waals surface area contributed by atoms with Gasteiger partial charge in [0.25, 0.3) is 0 Å².